The van der Waals surface area contributed by atoms with Crippen molar-refractivity contribution >= 4 is 9.84 Å². The van der Waals surface area contributed by atoms with Crippen molar-refractivity contribution in [2.24, 2.45) is 0 Å². The highest BCUT2D eigenvalue weighted by atomic mass is 32.2. The average Bonchev–Trinajstić information content (AvgIpc) is 2.08. The molecule has 10 heavy (non-hydrogen) atoms. The van der Waals surface area contributed by atoms with Gasteiger partial charge in [-0.3, -0.25) is 0 Å². The summed E-state index contributed by atoms with van der Waals surface area (Å²) in [6.07, 6.45) is 0.943. The third-order valence-corrected chi connectivity index (χ3v) is 3.83. The van der Waals surface area contributed by atoms with E-state index in [1.807, 2.05) is 0 Å². The van der Waals surface area contributed by atoms with Gasteiger partial charge in [0.2, 0.25) is 0 Å². The van der Waals surface area contributed by atoms with Gasteiger partial charge in [0, 0.05) is 0 Å². The first-order valence-electron chi connectivity index (χ1n) is 3.40. The monoisotopic (exact) mass is 164 g/mol. The molecule has 0 aromatic heterocycles. The van der Waals surface area contributed by atoms with Crippen LogP contribution in [0.3, 0.4) is 0 Å². The molecule has 1 atom stereocenters. The van der Waals surface area contributed by atoms with Gasteiger partial charge < -0.3 is 5.11 Å². The van der Waals surface area contributed by atoms with Gasteiger partial charge in [-0.25, -0.2) is 8.42 Å². The number of rotatable bonds is 1. The van der Waals surface area contributed by atoms with Gasteiger partial charge in [-0.2, -0.15) is 0 Å². The SMILES string of the molecule is CCC1(O)CCS(=O)(=O)C1. The second kappa shape index (κ2) is 2.20. The fourth-order valence-electron chi connectivity index (χ4n) is 1.18. The zero-order valence-corrected chi connectivity index (χ0v) is 6.82. The Morgan fingerprint density at radius 2 is 2.20 bits per heavy atom. The Bertz CT molecular complexity index is 219. The smallest absolute Gasteiger partial charge is 0.153 e. The van der Waals surface area contributed by atoms with Crippen LogP contribution >= 0.6 is 0 Å². The summed E-state index contributed by atoms with van der Waals surface area (Å²) in [7, 11) is -2.92. The van der Waals surface area contributed by atoms with Gasteiger partial charge >= 0.3 is 0 Å². The van der Waals surface area contributed by atoms with Crippen molar-refractivity contribution in [3.8, 4) is 0 Å². The molecule has 3 nitrogen and oxygen atoms in total. The van der Waals surface area contributed by atoms with Gasteiger partial charge in [-0.1, -0.05) is 6.92 Å². The lowest BCUT2D eigenvalue weighted by Gasteiger charge is -2.16. The molecule has 60 valence electrons. The third-order valence-electron chi connectivity index (χ3n) is 2.03. The van der Waals surface area contributed by atoms with E-state index in [9.17, 15) is 13.5 Å². The van der Waals surface area contributed by atoms with E-state index in [0.717, 1.165) is 0 Å². The number of aliphatic hydroxyl groups is 1. The summed E-state index contributed by atoms with van der Waals surface area (Å²) in [5, 5.41) is 9.46. The quantitative estimate of drug-likeness (QED) is 0.591. The van der Waals surface area contributed by atoms with Crippen molar-refractivity contribution in [2.75, 3.05) is 11.5 Å². The van der Waals surface area contributed by atoms with Crippen LogP contribution in [0.5, 0.6) is 0 Å². The molecule has 1 rings (SSSR count). The van der Waals surface area contributed by atoms with Crippen LogP contribution in [0, 0.1) is 0 Å². The van der Waals surface area contributed by atoms with E-state index in [1.54, 1.807) is 6.92 Å². The Morgan fingerprint density at radius 3 is 2.40 bits per heavy atom. The van der Waals surface area contributed by atoms with Crippen LogP contribution in [-0.4, -0.2) is 30.6 Å². The van der Waals surface area contributed by atoms with Crippen LogP contribution in [0.25, 0.3) is 0 Å². The summed E-state index contributed by atoms with van der Waals surface area (Å²) < 4.78 is 21.7. The predicted octanol–water partition coefficient (Wildman–Crippen LogP) is -0.0540. The van der Waals surface area contributed by atoms with Crippen molar-refractivity contribution in [3.05, 3.63) is 0 Å². The van der Waals surface area contributed by atoms with Crippen molar-refractivity contribution < 1.29 is 13.5 Å². The number of sulfone groups is 1. The molecule has 0 saturated carbocycles. The lowest BCUT2D eigenvalue weighted by molar-refractivity contribution is 0.0638. The van der Waals surface area contributed by atoms with Crippen LogP contribution in [0.15, 0.2) is 0 Å². The fraction of sp³-hybridized carbons (Fsp3) is 1.00. The maximum absolute atomic E-state index is 10.8. The fourth-order valence-corrected chi connectivity index (χ4v) is 3.18. The van der Waals surface area contributed by atoms with Gasteiger partial charge in [-0.05, 0) is 12.8 Å². The highest BCUT2D eigenvalue weighted by molar-refractivity contribution is 7.91. The molecule has 0 aromatic rings. The largest absolute Gasteiger partial charge is 0.389 e. The minimum Gasteiger partial charge on any atom is -0.389 e. The summed E-state index contributed by atoms with van der Waals surface area (Å²) in [6.45, 7) is 1.81. The first-order chi connectivity index (χ1) is 4.47. The van der Waals surface area contributed by atoms with E-state index in [0.29, 0.717) is 12.8 Å². The van der Waals surface area contributed by atoms with E-state index < -0.39 is 15.4 Å². The molecule has 1 fully saturated rings. The van der Waals surface area contributed by atoms with Gasteiger partial charge in [0.05, 0.1) is 17.1 Å². The second-order valence-electron chi connectivity index (χ2n) is 2.92. The van der Waals surface area contributed by atoms with Gasteiger partial charge in [-0.15, -0.1) is 0 Å². The molecule has 0 bridgehead atoms. The molecule has 1 aliphatic heterocycles. The molecule has 4 heteroatoms. The minimum absolute atomic E-state index is 0.0451. The summed E-state index contributed by atoms with van der Waals surface area (Å²) >= 11 is 0. The van der Waals surface area contributed by atoms with Gasteiger partial charge in [0.1, 0.15) is 0 Å². The lowest BCUT2D eigenvalue weighted by Crippen LogP contribution is -2.28. The zero-order chi connectivity index (χ0) is 7.83. The Hall–Kier alpha value is -0.0900. The van der Waals surface area contributed by atoms with Crippen molar-refractivity contribution in [3.63, 3.8) is 0 Å². The van der Waals surface area contributed by atoms with E-state index >= 15 is 0 Å². The molecule has 1 aliphatic rings. The third kappa shape index (κ3) is 1.49. The Morgan fingerprint density at radius 1 is 1.60 bits per heavy atom. The predicted molar refractivity (Wildman–Crippen MR) is 38.5 cm³/mol. The van der Waals surface area contributed by atoms with Crippen molar-refractivity contribution in [2.45, 2.75) is 25.4 Å². The molecule has 1 unspecified atom stereocenters. The lowest BCUT2D eigenvalue weighted by atomic mass is 10.0. The minimum atomic E-state index is -2.92. The van der Waals surface area contributed by atoms with Crippen LogP contribution in [0.4, 0.5) is 0 Å². The zero-order valence-electron chi connectivity index (χ0n) is 6.00. The van der Waals surface area contributed by atoms with E-state index in [1.165, 1.54) is 0 Å². The maximum Gasteiger partial charge on any atom is 0.153 e. The topological polar surface area (TPSA) is 54.4 Å². The molecule has 0 amide bonds. The molecule has 0 aromatic carbocycles. The molecule has 0 aliphatic carbocycles. The first-order valence-corrected chi connectivity index (χ1v) is 5.22. The standard InChI is InChI=1S/C6H12O3S/c1-2-6(7)3-4-10(8,9)5-6/h7H,2-5H2,1H3. The van der Waals surface area contributed by atoms with Gasteiger partial charge in [0.15, 0.2) is 9.84 Å². The molecular formula is C6H12O3S. The van der Waals surface area contributed by atoms with Crippen LogP contribution < -0.4 is 0 Å². The highest BCUT2D eigenvalue weighted by Gasteiger charge is 2.38. The molecule has 1 heterocycles. The highest BCUT2D eigenvalue weighted by Crippen LogP contribution is 2.25. The normalized spacial score (nSPS) is 38.2. The molecule has 1 saturated heterocycles. The van der Waals surface area contributed by atoms with Gasteiger partial charge in [0.25, 0.3) is 0 Å². The number of hydrogen-bond acceptors (Lipinski definition) is 3. The molecule has 0 spiro atoms. The summed E-state index contributed by atoms with van der Waals surface area (Å²) in [5.74, 6) is 0.105. The Balaban J connectivity index is 2.76. The van der Waals surface area contributed by atoms with Crippen molar-refractivity contribution in [1.82, 2.24) is 0 Å². The van der Waals surface area contributed by atoms with Crippen molar-refractivity contribution in [1.29, 1.82) is 0 Å². The average molecular weight is 164 g/mol. The Labute approximate surface area is 61.0 Å². The van der Waals surface area contributed by atoms with Crippen LogP contribution in [0.2, 0.25) is 0 Å². The summed E-state index contributed by atoms with van der Waals surface area (Å²) in [6, 6.07) is 0. The second-order valence-corrected chi connectivity index (χ2v) is 5.10. The number of hydrogen-bond donors (Lipinski definition) is 1. The maximum atomic E-state index is 10.8. The first kappa shape index (κ1) is 8.01. The Kier molecular flexibility index (Phi) is 1.76. The van der Waals surface area contributed by atoms with Crippen LogP contribution in [-0.2, 0) is 9.84 Å². The molecule has 0 radical (unpaired) electrons. The molecular weight excluding hydrogens is 152 g/mol. The van der Waals surface area contributed by atoms with E-state index in [-0.39, 0.29) is 11.5 Å². The van der Waals surface area contributed by atoms with E-state index in [2.05, 4.69) is 0 Å². The summed E-state index contributed by atoms with van der Waals surface area (Å²) in [5.41, 5.74) is -0.918. The molecule has 1 N–H and O–H groups in total. The summed E-state index contributed by atoms with van der Waals surface area (Å²) in [4.78, 5) is 0. The van der Waals surface area contributed by atoms with E-state index in [4.69, 9.17) is 0 Å². The van der Waals surface area contributed by atoms with Crippen LogP contribution in [0.1, 0.15) is 19.8 Å².